The average molecular weight is 294 g/mol. The summed E-state index contributed by atoms with van der Waals surface area (Å²) in [6, 6.07) is -0.455. The molecule has 1 aliphatic rings. The van der Waals surface area contributed by atoms with Crippen molar-refractivity contribution in [2.45, 2.75) is 32.2 Å². The molecule has 20 heavy (non-hydrogen) atoms. The molecule has 0 aliphatic carbocycles. The van der Waals surface area contributed by atoms with Crippen LogP contribution >= 0.6 is 11.3 Å². The van der Waals surface area contributed by atoms with Gasteiger partial charge in [-0.3, -0.25) is 4.79 Å². The SMILES string of the molecule is COC(=O)[C@H]1CCCCN1C(=O)/C=C/c1csc(C)n1. The second-order valence-electron chi connectivity index (χ2n) is 4.69. The van der Waals surface area contributed by atoms with E-state index in [1.165, 1.54) is 24.5 Å². The van der Waals surface area contributed by atoms with Gasteiger partial charge in [-0.05, 0) is 32.3 Å². The van der Waals surface area contributed by atoms with Gasteiger partial charge < -0.3 is 9.64 Å². The first kappa shape index (κ1) is 14.7. The largest absolute Gasteiger partial charge is 0.467 e. The molecule has 1 saturated heterocycles. The highest BCUT2D eigenvalue weighted by Gasteiger charge is 2.31. The quantitative estimate of drug-likeness (QED) is 0.632. The molecule has 1 fully saturated rings. The minimum atomic E-state index is -0.455. The number of amides is 1. The molecule has 1 atom stereocenters. The summed E-state index contributed by atoms with van der Waals surface area (Å²) in [4.78, 5) is 29.8. The highest BCUT2D eigenvalue weighted by molar-refractivity contribution is 7.09. The molecule has 0 aromatic carbocycles. The molecular weight excluding hydrogens is 276 g/mol. The van der Waals surface area contributed by atoms with Crippen LogP contribution in [0.1, 0.15) is 30.0 Å². The number of nitrogens with zero attached hydrogens (tertiary/aromatic N) is 2. The Kier molecular flexibility index (Phi) is 4.89. The van der Waals surface area contributed by atoms with Crippen molar-refractivity contribution in [3.8, 4) is 0 Å². The zero-order valence-electron chi connectivity index (χ0n) is 11.7. The van der Waals surface area contributed by atoms with Crippen LogP contribution < -0.4 is 0 Å². The third-order valence-electron chi connectivity index (χ3n) is 3.29. The number of aromatic nitrogens is 1. The van der Waals surface area contributed by atoms with Crippen LogP contribution in [0.5, 0.6) is 0 Å². The summed E-state index contributed by atoms with van der Waals surface area (Å²) in [5, 5.41) is 2.86. The van der Waals surface area contributed by atoms with E-state index in [4.69, 9.17) is 4.74 Å². The third-order valence-corrected chi connectivity index (χ3v) is 4.08. The minimum Gasteiger partial charge on any atom is -0.467 e. The molecule has 1 aromatic rings. The normalized spacial score (nSPS) is 19.3. The molecule has 0 saturated carbocycles. The molecule has 6 heteroatoms. The van der Waals surface area contributed by atoms with Crippen molar-refractivity contribution in [3.63, 3.8) is 0 Å². The van der Waals surface area contributed by atoms with Gasteiger partial charge in [-0.1, -0.05) is 0 Å². The van der Waals surface area contributed by atoms with E-state index < -0.39 is 6.04 Å². The number of rotatable bonds is 3. The predicted octanol–water partition coefficient (Wildman–Crippen LogP) is 2.02. The van der Waals surface area contributed by atoms with Crippen molar-refractivity contribution in [2.75, 3.05) is 13.7 Å². The van der Waals surface area contributed by atoms with Crippen molar-refractivity contribution >= 4 is 29.3 Å². The average Bonchev–Trinajstić information content (AvgIpc) is 2.89. The van der Waals surface area contributed by atoms with Crippen LogP contribution in [0.2, 0.25) is 0 Å². The minimum absolute atomic E-state index is 0.161. The van der Waals surface area contributed by atoms with E-state index >= 15 is 0 Å². The lowest BCUT2D eigenvalue weighted by Gasteiger charge is -2.32. The molecule has 1 aromatic heterocycles. The lowest BCUT2D eigenvalue weighted by atomic mass is 10.0. The van der Waals surface area contributed by atoms with Gasteiger partial charge in [0.1, 0.15) is 6.04 Å². The standard InChI is InChI=1S/C14H18N2O3S/c1-10-15-11(9-20-10)6-7-13(17)16-8-4-3-5-12(16)14(18)19-2/h6-7,9,12H,3-5,8H2,1-2H3/b7-6+/t12-/m1/s1. The van der Waals surface area contributed by atoms with E-state index in [-0.39, 0.29) is 11.9 Å². The maximum atomic E-state index is 12.2. The molecular formula is C14H18N2O3S. The Balaban J connectivity index is 2.06. The number of hydrogen-bond donors (Lipinski definition) is 0. The fourth-order valence-electron chi connectivity index (χ4n) is 2.29. The number of aryl methyl sites for hydroxylation is 1. The maximum Gasteiger partial charge on any atom is 0.328 e. The van der Waals surface area contributed by atoms with Crippen molar-refractivity contribution in [3.05, 3.63) is 22.2 Å². The van der Waals surface area contributed by atoms with E-state index in [0.29, 0.717) is 13.0 Å². The number of ether oxygens (including phenoxy) is 1. The van der Waals surface area contributed by atoms with Gasteiger partial charge >= 0.3 is 5.97 Å². The lowest BCUT2D eigenvalue weighted by Crippen LogP contribution is -2.47. The van der Waals surface area contributed by atoms with Crippen molar-refractivity contribution in [1.29, 1.82) is 0 Å². The third kappa shape index (κ3) is 3.45. The molecule has 0 spiro atoms. The van der Waals surface area contributed by atoms with E-state index in [9.17, 15) is 9.59 Å². The number of carbonyl (C=O) groups excluding carboxylic acids is 2. The fraction of sp³-hybridized carbons (Fsp3) is 0.500. The van der Waals surface area contributed by atoms with Gasteiger partial charge in [0.25, 0.3) is 0 Å². The van der Waals surface area contributed by atoms with E-state index in [2.05, 4.69) is 4.98 Å². The molecule has 2 heterocycles. The molecule has 0 radical (unpaired) electrons. The molecule has 0 unspecified atom stereocenters. The van der Waals surface area contributed by atoms with Gasteiger partial charge in [0.2, 0.25) is 5.91 Å². The molecule has 1 aliphatic heterocycles. The summed E-state index contributed by atoms with van der Waals surface area (Å²) in [6.45, 7) is 2.51. The van der Waals surface area contributed by atoms with E-state index in [0.717, 1.165) is 23.5 Å². The van der Waals surface area contributed by atoms with E-state index in [1.807, 2.05) is 12.3 Å². The van der Waals surface area contributed by atoms with Crippen molar-refractivity contribution < 1.29 is 14.3 Å². The number of piperidine rings is 1. The first-order chi connectivity index (χ1) is 9.61. The fourth-order valence-corrected chi connectivity index (χ4v) is 2.87. The van der Waals surface area contributed by atoms with Crippen LogP contribution in [0.25, 0.3) is 6.08 Å². The van der Waals surface area contributed by atoms with Crippen LogP contribution in [-0.2, 0) is 14.3 Å². The molecule has 0 N–H and O–H groups in total. The van der Waals surface area contributed by atoms with Crippen LogP contribution in [0.4, 0.5) is 0 Å². The van der Waals surface area contributed by atoms with Gasteiger partial charge in [0.05, 0.1) is 17.8 Å². The van der Waals surface area contributed by atoms with Crippen molar-refractivity contribution in [2.24, 2.45) is 0 Å². The monoisotopic (exact) mass is 294 g/mol. The lowest BCUT2D eigenvalue weighted by molar-refractivity contribution is -0.153. The molecule has 108 valence electrons. The first-order valence-electron chi connectivity index (χ1n) is 6.60. The zero-order valence-corrected chi connectivity index (χ0v) is 12.5. The van der Waals surface area contributed by atoms with Crippen LogP contribution in [-0.4, -0.2) is 41.5 Å². The maximum absolute atomic E-state index is 12.2. The molecule has 5 nitrogen and oxygen atoms in total. The smallest absolute Gasteiger partial charge is 0.328 e. The van der Waals surface area contributed by atoms with Gasteiger partial charge in [-0.2, -0.15) is 0 Å². The number of methoxy groups -OCH3 is 1. The first-order valence-corrected chi connectivity index (χ1v) is 7.48. The van der Waals surface area contributed by atoms with Crippen LogP contribution in [0, 0.1) is 6.92 Å². The predicted molar refractivity (Wildman–Crippen MR) is 77.3 cm³/mol. The van der Waals surface area contributed by atoms with E-state index in [1.54, 1.807) is 11.0 Å². The topological polar surface area (TPSA) is 59.5 Å². The Morgan fingerprint density at radius 3 is 2.95 bits per heavy atom. The van der Waals surface area contributed by atoms with Gasteiger partial charge in [0.15, 0.2) is 0 Å². The Labute approximate surface area is 122 Å². The van der Waals surface area contributed by atoms with Gasteiger partial charge in [0, 0.05) is 18.0 Å². The Morgan fingerprint density at radius 2 is 2.30 bits per heavy atom. The van der Waals surface area contributed by atoms with Crippen LogP contribution in [0.15, 0.2) is 11.5 Å². The number of esters is 1. The number of likely N-dealkylation sites (tertiary alicyclic amines) is 1. The second-order valence-corrected chi connectivity index (χ2v) is 5.75. The summed E-state index contributed by atoms with van der Waals surface area (Å²) in [5.41, 5.74) is 0.771. The summed E-state index contributed by atoms with van der Waals surface area (Å²) < 4.78 is 4.77. The summed E-state index contributed by atoms with van der Waals surface area (Å²) >= 11 is 1.54. The van der Waals surface area contributed by atoms with Gasteiger partial charge in [-0.15, -0.1) is 11.3 Å². The van der Waals surface area contributed by atoms with Crippen LogP contribution in [0.3, 0.4) is 0 Å². The summed E-state index contributed by atoms with van der Waals surface area (Å²) in [5.74, 6) is -0.498. The Hall–Kier alpha value is -1.69. The second kappa shape index (κ2) is 6.65. The Morgan fingerprint density at radius 1 is 1.50 bits per heavy atom. The number of thiazole rings is 1. The van der Waals surface area contributed by atoms with Crippen molar-refractivity contribution in [1.82, 2.24) is 9.88 Å². The molecule has 0 bridgehead atoms. The highest BCUT2D eigenvalue weighted by Crippen LogP contribution is 2.19. The number of hydrogen-bond acceptors (Lipinski definition) is 5. The molecule has 1 amide bonds. The van der Waals surface area contributed by atoms with Gasteiger partial charge in [-0.25, -0.2) is 9.78 Å². The summed E-state index contributed by atoms with van der Waals surface area (Å²) in [6.07, 6.45) is 5.70. The number of carbonyl (C=O) groups is 2. The molecule has 2 rings (SSSR count). The zero-order chi connectivity index (χ0) is 14.5. The Bertz CT molecular complexity index is 524. The highest BCUT2D eigenvalue weighted by atomic mass is 32.1. The summed E-state index contributed by atoms with van der Waals surface area (Å²) in [7, 11) is 1.35.